The molecule has 0 unspecified atom stereocenters. The fourth-order valence-electron chi connectivity index (χ4n) is 1.26. The van der Waals surface area contributed by atoms with Crippen LogP contribution in [0.2, 0.25) is 0 Å². The Morgan fingerprint density at radius 3 is 2.53 bits per heavy atom. The molecule has 0 aromatic heterocycles. The maximum Gasteiger partial charge on any atom is 0.251 e. The molecule has 0 atom stereocenters. The lowest BCUT2D eigenvalue weighted by Gasteiger charge is -2.04. The van der Waals surface area contributed by atoms with Crippen molar-refractivity contribution >= 4 is 17.5 Å². The van der Waals surface area contributed by atoms with E-state index in [2.05, 4.69) is 12.2 Å². The summed E-state index contributed by atoms with van der Waals surface area (Å²) in [5.74, 6) is 0.553. The van der Waals surface area contributed by atoms with Gasteiger partial charge in [-0.25, -0.2) is 0 Å². The minimum absolute atomic E-state index is 0.0252. The van der Waals surface area contributed by atoms with Gasteiger partial charge in [-0.05, 0) is 30.5 Å². The van der Waals surface area contributed by atoms with Gasteiger partial charge in [0.25, 0.3) is 5.91 Å². The molecular formula is C12H16ClNO. The predicted octanol–water partition coefficient (Wildman–Crippen LogP) is 2.61. The molecule has 0 radical (unpaired) electrons. The average molecular weight is 226 g/mol. The van der Waals surface area contributed by atoms with Gasteiger partial charge in [0.15, 0.2) is 0 Å². The van der Waals surface area contributed by atoms with Gasteiger partial charge in [0, 0.05) is 18.0 Å². The van der Waals surface area contributed by atoms with Crippen LogP contribution in [0.25, 0.3) is 0 Å². The lowest BCUT2D eigenvalue weighted by molar-refractivity contribution is 0.0954. The Hall–Kier alpha value is -1.02. The second-order valence-corrected chi connectivity index (χ2v) is 3.73. The largest absolute Gasteiger partial charge is 0.352 e. The lowest BCUT2D eigenvalue weighted by atomic mass is 10.1. The van der Waals surface area contributed by atoms with E-state index in [-0.39, 0.29) is 5.91 Å². The number of rotatable bonds is 5. The molecule has 2 nitrogen and oxygen atoms in total. The van der Waals surface area contributed by atoms with Crippen LogP contribution in [-0.2, 0) is 6.42 Å². The van der Waals surface area contributed by atoms with Gasteiger partial charge in [0.1, 0.15) is 0 Å². The molecular weight excluding hydrogens is 210 g/mol. The fraction of sp³-hybridized carbons (Fsp3) is 0.417. The summed E-state index contributed by atoms with van der Waals surface area (Å²) in [4.78, 5) is 11.6. The van der Waals surface area contributed by atoms with Gasteiger partial charge in [-0.1, -0.05) is 19.1 Å². The van der Waals surface area contributed by atoms with Crippen molar-refractivity contribution in [2.45, 2.75) is 19.8 Å². The van der Waals surface area contributed by atoms with Gasteiger partial charge < -0.3 is 5.32 Å². The molecule has 15 heavy (non-hydrogen) atoms. The van der Waals surface area contributed by atoms with E-state index in [1.807, 2.05) is 24.3 Å². The third-order valence-electron chi connectivity index (χ3n) is 2.22. The summed E-state index contributed by atoms with van der Waals surface area (Å²) in [6.45, 7) is 2.73. The summed E-state index contributed by atoms with van der Waals surface area (Å²) in [6.07, 6.45) is 1.80. The topological polar surface area (TPSA) is 29.1 Å². The van der Waals surface area contributed by atoms with Crippen molar-refractivity contribution in [2.24, 2.45) is 0 Å². The molecule has 0 fully saturated rings. The van der Waals surface area contributed by atoms with Crippen molar-refractivity contribution in [2.75, 3.05) is 12.4 Å². The maximum absolute atomic E-state index is 11.6. The molecule has 82 valence electrons. The highest BCUT2D eigenvalue weighted by atomic mass is 35.5. The number of carbonyl (C=O) groups excluding carboxylic acids is 1. The van der Waals surface area contributed by atoms with E-state index in [0.717, 1.165) is 12.8 Å². The molecule has 1 N–H and O–H groups in total. The molecule has 0 bridgehead atoms. The number of hydrogen-bond donors (Lipinski definition) is 1. The van der Waals surface area contributed by atoms with Gasteiger partial charge in [0.05, 0.1) is 0 Å². The van der Waals surface area contributed by atoms with E-state index >= 15 is 0 Å². The zero-order valence-electron chi connectivity index (χ0n) is 8.92. The number of hydrogen-bond acceptors (Lipinski definition) is 1. The number of amides is 1. The van der Waals surface area contributed by atoms with E-state index in [1.165, 1.54) is 5.56 Å². The van der Waals surface area contributed by atoms with E-state index in [9.17, 15) is 4.79 Å². The summed E-state index contributed by atoms with van der Waals surface area (Å²) in [5, 5.41) is 2.81. The van der Waals surface area contributed by atoms with Gasteiger partial charge in [0.2, 0.25) is 0 Å². The van der Waals surface area contributed by atoms with Crippen LogP contribution in [0.5, 0.6) is 0 Å². The Balaban J connectivity index is 2.50. The van der Waals surface area contributed by atoms with E-state index in [0.29, 0.717) is 18.0 Å². The molecule has 0 spiro atoms. The monoisotopic (exact) mass is 225 g/mol. The molecule has 3 heteroatoms. The molecule has 1 amide bonds. The molecule has 1 aromatic rings. The van der Waals surface area contributed by atoms with Crippen LogP contribution in [0.15, 0.2) is 24.3 Å². The quantitative estimate of drug-likeness (QED) is 0.606. The highest BCUT2D eigenvalue weighted by molar-refractivity contribution is 6.17. The van der Waals surface area contributed by atoms with E-state index in [4.69, 9.17) is 11.6 Å². The standard InChI is InChI=1S/C12H16ClNO/c1-2-10-4-6-11(7-5-10)12(15)14-9-3-8-13/h4-7H,2-3,8-9H2,1H3,(H,14,15). The first-order valence-electron chi connectivity index (χ1n) is 5.21. The highest BCUT2D eigenvalue weighted by Crippen LogP contribution is 2.04. The van der Waals surface area contributed by atoms with Crippen molar-refractivity contribution in [1.29, 1.82) is 0 Å². The number of benzene rings is 1. The molecule has 0 saturated carbocycles. The molecule has 1 aromatic carbocycles. The molecule has 0 saturated heterocycles. The number of halogens is 1. The molecule has 1 rings (SSSR count). The number of aryl methyl sites for hydroxylation is 1. The van der Waals surface area contributed by atoms with Crippen molar-refractivity contribution in [3.63, 3.8) is 0 Å². The maximum atomic E-state index is 11.6. The number of carbonyl (C=O) groups is 1. The molecule has 0 aliphatic carbocycles. The Labute approximate surface area is 95.6 Å². The first kappa shape index (κ1) is 12.1. The zero-order valence-corrected chi connectivity index (χ0v) is 9.68. The third kappa shape index (κ3) is 3.92. The van der Waals surface area contributed by atoms with Crippen LogP contribution >= 0.6 is 11.6 Å². The number of alkyl halides is 1. The van der Waals surface area contributed by atoms with Crippen LogP contribution in [0.1, 0.15) is 29.3 Å². The average Bonchev–Trinajstić information content (AvgIpc) is 2.29. The van der Waals surface area contributed by atoms with E-state index in [1.54, 1.807) is 0 Å². The minimum atomic E-state index is -0.0252. The zero-order chi connectivity index (χ0) is 11.1. The van der Waals surface area contributed by atoms with Crippen LogP contribution in [0.4, 0.5) is 0 Å². The van der Waals surface area contributed by atoms with Crippen molar-refractivity contribution < 1.29 is 4.79 Å². The minimum Gasteiger partial charge on any atom is -0.352 e. The summed E-state index contributed by atoms with van der Waals surface area (Å²) >= 11 is 5.52. The Kier molecular flexibility index (Phi) is 5.19. The SMILES string of the molecule is CCc1ccc(C(=O)NCCCCl)cc1. The number of nitrogens with one attached hydrogen (secondary N) is 1. The molecule has 0 aliphatic heterocycles. The van der Waals surface area contributed by atoms with Crippen LogP contribution in [0.3, 0.4) is 0 Å². The smallest absolute Gasteiger partial charge is 0.251 e. The van der Waals surface area contributed by atoms with Crippen molar-refractivity contribution in [1.82, 2.24) is 5.32 Å². The van der Waals surface area contributed by atoms with Gasteiger partial charge in [-0.2, -0.15) is 0 Å². The molecule has 0 heterocycles. The van der Waals surface area contributed by atoms with Crippen LogP contribution in [-0.4, -0.2) is 18.3 Å². The second-order valence-electron chi connectivity index (χ2n) is 3.35. The second kappa shape index (κ2) is 6.46. The first-order chi connectivity index (χ1) is 7.27. The molecule has 0 aliphatic rings. The summed E-state index contributed by atoms with van der Waals surface area (Å²) in [5.41, 5.74) is 1.95. The van der Waals surface area contributed by atoms with Crippen LogP contribution in [0, 0.1) is 0 Å². The highest BCUT2D eigenvalue weighted by Gasteiger charge is 2.03. The predicted molar refractivity (Wildman–Crippen MR) is 63.5 cm³/mol. The van der Waals surface area contributed by atoms with Gasteiger partial charge >= 0.3 is 0 Å². The van der Waals surface area contributed by atoms with Gasteiger partial charge in [-0.15, -0.1) is 11.6 Å². The Morgan fingerprint density at radius 2 is 2.00 bits per heavy atom. The summed E-state index contributed by atoms with van der Waals surface area (Å²) in [7, 11) is 0. The third-order valence-corrected chi connectivity index (χ3v) is 2.49. The Morgan fingerprint density at radius 1 is 1.33 bits per heavy atom. The van der Waals surface area contributed by atoms with Gasteiger partial charge in [-0.3, -0.25) is 4.79 Å². The van der Waals surface area contributed by atoms with Crippen molar-refractivity contribution in [3.8, 4) is 0 Å². The van der Waals surface area contributed by atoms with E-state index < -0.39 is 0 Å². The van der Waals surface area contributed by atoms with Crippen LogP contribution < -0.4 is 5.32 Å². The normalized spacial score (nSPS) is 10.0. The van der Waals surface area contributed by atoms with Crippen molar-refractivity contribution in [3.05, 3.63) is 35.4 Å². The Bertz CT molecular complexity index is 308. The summed E-state index contributed by atoms with van der Waals surface area (Å²) < 4.78 is 0. The fourth-order valence-corrected chi connectivity index (χ4v) is 1.40. The first-order valence-corrected chi connectivity index (χ1v) is 5.74. The lowest BCUT2D eigenvalue weighted by Crippen LogP contribution is -2.24. The summed E-state index contributed by atoms with van der Waals surface area (Å²) in [6, 6.07) is 7.68.